The SMILES string of the molecule is CC(=O)Oc1ccc(C)cc1-c1nc2cc(F)ccc2s1. The Kier molecular flexibility index (Phi) is 3.43. The third-order valence-corrected chi connectivity index (χ3v) is 4.04. The Bertz CT molecular complexity index is 841. The number of carbonyl (C=O) groups excluding carboxylic acids is 1. The molecule has 2 aromatic carbocycles. The summed E-state index contributed by atoms with van der Waals surface area (Å²) in [6.07, 6.45) is 0. The Morgan fingerprint density at radius 3 is 2.81 bits per heavy atom. The van der Waals surface area contributed by atoms with E-state index >= 15 is 0 Å². The highest BCUT2D eigenvalue weighted by molar-refractivity contribution is 7.21. The molecule has 0 bridgehead atoms. The maximum Gasteiger partial charge on any atom is 0.308 e. The summed E-state index contributed by atoms with van der Waals surface area (Å²) in [6, 6.07) is 10.0. The van der Waals surface area contributed by atoms with E-state index in [2.05, 4.69) is 4.98 Å². The van der Waals surface area contributed by atoms with E-state index in [1.165, 1.54) is 30.4 Å². The molecule has 0 spiro atoms. The predicted molar refractivity (Wildman–Crippen MR) is 81.1 cm³/mol. The zero-order valence-corrected chi connectivity index (χ0v) is 12.3. The molecule has 0 aliphatic rings. The number of nitrogens with zero attached hydrogens (tertiary/aromatic N) is 1. The van der Waals surface area contributed by atoms with Gasteiger partial charge in [-0.3, -0.25) is 4.79 Å². The first-order valence-electron chi connectivity index (χ1n) is 6.38. The fourth-order valence-corrected chi connectivity index (χ4v) is 3.04. The summed E-state index contributed by atoms with van der Waals surface area (Å²) in [5, 5.41) is 0.704. The number of aryl methyl sites for hydroxylation is 1. The molecule has 0 unspecified atom stereocenters. The van der Waals surface area contributed by atoms with Crippen molar-refractivity contribution in [3.63, 3.8) is 0 Å². The molecular weight excluding hydrogens is 289 g/mol. The smallest absolute Gasteiger partial charge is 0.308 e. The van der Waals surface area contributed by atoms with Crippen LogP contribution in [0.1, 0.15) is 12.5 Å². The van der Waals surface area contributed by atoms with Crippen LogP contribution in [0.15, 0.2) is 36.4 Å². The van der Waals surface area contributed by atoms with Crippen molar-refractivity contribution in [2.24, 2.45) is 0 Å². The second kappa shape index (κ2) is 5.26. The molecule has 0 radical (unpaired) electrons. The lowest BCUT2D eigenvalue weighted by atomic mass is 10.1. The van der Waals surface area contributed by atoms with Crippen LogP contribution in [0.3, 0.4) is 0 Å². The molecule has 1 aromatic heterocycles. The van der Waals surface area contributed by atoms with Gasteiger partial charge in [0.15, 0.2) is 0 Å². The maximum absolute atomic E-state index is 13.3. The molecule has 5 heteroatoms. The van der Waals surface area contributed by atoms with Crippen molar-refractivity contribution in [3.8, 4) is 16.3 Å². The second-order valence-electron chi connectivity index (χ2n) is 4.72. The molecule has 1 heterocycles. The van der Waals surface area contributed by atoms with Gasteiger partial charge >= 0.3 is 5.97 Å². The third kappa shape index (κ3) is 2.78. The average Bonchev–Trinajstić information content (AvgIpc) is 2.83. The van der Waals surface area contributed by atoms with Crippen LogP contribution in [0, 0.1) is 12.7 Å². The van der Waals surface area contributed by atoms with E-state index in [9.17, 15) is 9.18 Å². The van der Waals surface area contributed by atoms with Crippen LogP contribution in [-0.4, -0.2) is 11.0 Å². The third-order valence-electron chi connectivity index (χ3n) is 2.97. The normalized spacial score (nSPS) is 10.8. The molecule has 3 rings (SSSR count). The van der Waals surface area contributed by atoms with E-state index in [0.717, 1.165) is 15.8 Å². The molecule has 0 N–H and O–H groups in total. The molecular formula is C16H12FNO2S. The second-order valence-corrected chi connectivity index (χ2v) is 5.75. The number of hydrogen-bond acceptors (Lipinski definition) is 4. The predicted octanol–water partition coefficient (Wildman–Crippen LogP) is 4.34. The van der Waals surface area contributed by atoms with Crippen LogP contribution in [0.5, 0.6) is 5.75 Å². The van der Waals surface area contributed by atoms with E-state index in [1.807, 2.05) is 19.1 Å². The highest BCUT2D eigenvalue weighted by Gasteiger charge is 2.13. The maximum atomic E-state index is 13.3. The van der Waals surface area contributed by atoms with Gasteiger partial charge in [0.2, 0.25) is 0 Å². The van der Waals surface area contributed by atoms with Gasteiger partial charge in [-0.05, 0) is 31.2 Å². The van der Waals surface area contributed by atoms with Crippen molar-refractivity contribution >= 4 is 27.5 Å². The fraction of sp³-hybridized carbons (Fsp3) is 0.125. The fourth-order valence-electron chi connectivity index (χ4n) is 2.07. The summed E-state index contributed by atoms with van der Waals surface area (Å²) in [7, 11) is 0. The molecule has 106 valence electrons. The molecule has 3 nitrogen and oxygen atoms in total. The highest BCUT2D eigenvalue weighted by atomic mass is 32.1. The Morgan fingerprint density at radius 1 is 1.24 bits per heavy atom. The zero-order chi connectivity index (χ0) is 15.0. The van der Waals surface area contributed by atoms with Gasteiger partial charge in [-0.15, -0.1) is 11.3 Å². The van der Waals surface area contributed by atoms with Gasteiger partial charge in [-0.2, -0.15) is 0 Å². The minimum absolute atomic E-state index is 0.316. The van der Waals surface area contributed by atoms with E-state index in [-0.39, 0.29) is 11.8 Å². The Morgan fingerprint density at radius 2 is 2.05 bits per heavy atom. The summed E-state index contributed by atoms with van der Waals surface area (Å²) in [6.45, 7) is 3.31. The largest absolute Gasteiger partial charge is 0.426 e. The van der Waals surface area contributed by atoms with Crippen LogP contribution >= 0.6 is 11.3 Å². The molecule has 0 saturated heterocycles. The summed E-state index contributed by atoms with van der Waals surface area (Å²) >= 11 is 1.44. The van der Waals surface area contributed by atoms with Gasteiger partial charge in [0.05, 0.1) is 15.8 Å². The molecule has 0 amide bonds. The standard InChI is InChI=1S/C16H12FNO2S/c1-9-3-5-14(20-10(2)19)12(7-9)16-18-13-8-11(17)4-6-15(13)21-16/h3-8H,1-2H3. The van der Waals surface area contributed by atoms with Crippen molar-refractivity contribution in [1.29, 1.82) is 0 Å². The van der Waals surface area contributed by atoms with Crippen LogP contribution in [-0.2, 0) is 4.79 Å². The molecule has 21 heavy (non-hydrogen) atoms. The highest BCUT2D eigenvalue weighted by Crippen LogP contribution is 2.36. The van der Waals surface area contributed by atoms with Gasteiger partial charge in [-0.1, -0.05) is 11.6 Å². The quantitative estimate of drug-likeness (QED) is 0.522. The minimum atomic E-state index is -0.382. The number of esters is 1. The Labute approximate surface area is 125 Å². The number of halogens is 1. The number of hydrogen-bond donors (Lipinski definition) is 0. The van der Waals surface area contributed by atoms with Gasteiger partial charge in [0, 0.05) is 13.0 Å². The average molecular weight is 301 g/mol. The minimum Gasteiger partial charge on any atom is -0.426 e. The van der Waals surface area contributed by atoms with E-state index < -0.39 is 0 Å². The van der Waals surface area contributed by atoms with Crippen LogP contribution < -0.4 is 4.74 Å². The van der Waals surface area contributed by atoms with Crippen LogP contribution in [0.4, 0.5) is 4.39 Å². The van der Waals surface area contributed by atoms with E-state index in [0.29, 0.717) is 16.3 Å². The van der Waals surface area contributed by atoms with E-state index in [1.54, 1.807) is 12.1 Å². The molecule has 3 aromatic rings. The summed E-state index contributed by atoms with van der Waals surface area (Å²) in [5.74, 6) is -0.233. The van der Waals surface area contributed by atoms with Crippen molar-refractivity contribution < 1.29 is 13.9 Å². The molecule has 0 atom stereocenters. The van der Waals surface area contributed by atoms with Crippen molar-refractivity contribution in [1.82, 2.24) is 4.98 Å². The van der Waals surface area contributed by atoms with Gasteiger partial charge < -0.3 is 4.74 Å². The monoisotopic (exact) mass is 301 g/mol. The zero-order valence-electron chi connectivity index (χ0n) is 11.5. The van der Waals surface area contributed by atoms with Crippen molar-refractivity contribution in [2.45, 2.75) is 13.8 Å². The van der Waals surface area contributed by atoms with Gasteiger partial charge in [0.1, 0.15) is 16.6 Å². The van der Waals surface area contributed by atoms with Crippen molar-refractivity contribution in [3.05, 3.63) is 47.8 Å². The topological polar surface area (TPSA) is 39.2 Å². The first-order valence-corrected chi connectivity index (χ1v) is 7.20. The van der Waals surface area contributed by atoms with Crippen molar-refractivity contribution in [2.75, 3.05) is 0 Å². The molecule has 0 aliphatic heterocycles. The number of carbonyl (C=O) groups is 1. The lowest BCUT2D eigenvalue weighted by Gasteiger charge is -2.07. The summed E-state index contributed by atoms with van der Waals surface area (Å²) in [5.41, 5.74) is 2.38. The Hall–Kier alpha value is -2.27. The van der Waals surface area contributed by atoms with Gasteiger partial charge in [0.25, 0.3) is 0 Å². The number of fused-ring (bicyclic) bond motifs is 1. The van der Waals surface area contributed by atoms with E-state index in [4.69, 9.17) is 4.74 Å². The molecule has 0 fully saturated rings. The van der Waals surface area contributed by atoms with Gasteiger partial charge in [-0.25, -0.2) is 9.37 Å². The summed E-state index contributed by atoms with van der Waals surface area (Å²) < 4.78 is 19.4. The first-order chi connectivity index (χ1) is 10.0. The summed E-state index contributed by atoms with van der Waals surface area (Å²) in [4.78, 5) is 15.6. The lowest BCUT2D eigenvalue weighted by molar-refractivity contribution is -0.131. The van der Waals surface area contributed by atoms with Crippen LogP contribution in [0.2, 0.25) is 0 Å². The number of ether oxygens (including phenoxy) is 1. The molecule has 0 saturated carbocycles. The first kappa shape index (κ1) is 13.7. The number of rotatable bonds is 2. The lowest BCUT2D eigenvalue weighted by Crippen LogP contribution is -2.02. The number of aromatic nitrogens is 1. The van der Waals surface area contributed by atoms with Crippen LogP contribution in [0.25, 0.3) is 20.8 Å². The Balaban J connectivity index is 2.16. The number of thiazole rings is 1. The number of benzene rings is 2. The molecule has 0 aliphatic carbocycles.